The molecule has 0 atom stereocenters. The van der Waals surface area contributed by atoms with Crippen LogP contribution in [0.5, 0.6) is 5.75 Å². The quantitative estimate of drug-likeness (QED) is 0.147. The van der Waals surface area contributed by atoms with Crippen LogP contribution in [-0.2, 0) is 6.54 Å². The smallest absolute Gasteiger partial charge is 0.433 e. The van der Waals surface area contributed by atoms with Gasteiger partial charge in [0.1, 0.15) is 17.2 Å². The molecule has 0 spiro atoms. The minimum atomic E-state index is -0.499. The van der Waals surface area contributed by atoms with Gasteiger partial charge in [0.05, 0.1) is 42.3 Å². The summed E-state index contributed by atoms with van der Waals surface area (Å²) in [6.45, 7) is 2.35. The molecule has 30 heavy (non-hydrogen) atoms. The summed E-state index contributed by atoms with van der Waals surface area (Å²) in [6, 6.07) is 7.06. The Morgan fingerprint density at radius 2 is 1.63 bits per heavy atom. The maximum absolute atomic E-state index is 10.7. The molecule has 0 fully saturated rings. The fraction of sp³-hybridized carbons (Fsp3) is 0.500. The Hall–Kier alpha value is -0.420. The molecule has 0 unspecified atom stereocenters. The molecule has 1 heterocycles. The maximum atomic E-state index is 10.7. The number of hydrogen-bond donors (Lipinski definition) is 0. The van der Waals surface area contributed by atoms with E-state index in [1.54, 1.807) is 6.07 Å². The van der Waals surface area contributed by atoms with Crippen molar-refractivity contribution in [3.63, 3.8) is 0 Å². The molecule has 0 N–H and O–H groups in total. The van der Waals surface area contributed by atoms with Gasteiger partial charge in [-0.15, -0.1) is 0 Å². The minimum absolute atomic E-state index is 0. The van der Waals surface area contributed by atoms with Crippen molar-refractivity contribution in [1.29, 1.82) is 0 Å². The molecule has 0 saturated carbocycles. The first-order valence-corrected chi connectivity index (χ1v) is 11.9. The number of nitro groups is 1. The number of unbranched alkanes of at least 4 members (excludes halogenated alkanes) is 4. The molecule has 0 aliphatic carbocycles. The number of ether oxygens (including phenoxy) is 1. The van der Waals surface area contributed by atoms with Crippen molar-refractivity contribution in [2.45, 2.75) is 38.6 Å². The zero-order chi connectivity index (χ0) is 21.4. The molecular formula is C20H26Br4N2O4. The molecule has 168 valence electrons. The highest BCUT2D eigenvalue weighted by Gasteiger charge is 2.20. The van der Waals surface area contributed by atoms with Gasteiger partial charge in [-0.2, -0.15) is 0 Å². The SMILES string of the molecule is C[N+](C)(CCCCCCCOc1c(Br)cc(Br)cc1Br)Cc1ccc([N+](=O)[O-])o1.[Br-]. The third-order valence-corrected chi connectivity index (χ3v) is 6.16. The summed E-state index contributed by atoms with van der Waals surface area (Å²) in [5, 5.41) is 10.7. The summed E-state index contributed by atoms with van der Waals surface area (Å²) in [4.78, 5) is 10.2. The second-order valence-corrected chi connectivity index (χ2v) is 10.3. The molecule has 0 bridgehead atoms. The summed E-state index contributed by atoms with van der Waals surface area (Å²) in [5.74, 6) is 1.30. The predicted octanol–water partition coefficient (Wildman–Crippen LogP) is 4.09. The molecule has 1 aromatic carbocycles. The number of nitrogens with zero attached hydrogens (tertiary/aromatic N) is 2. The first kappa shape index (κ1) is 27.6. The van der Waals surface area contributed by atoms with E-state index in [2.05, 4.69) is 61.9 Å². The number of furan rings is 1. The predicted molar refractivity (Wildman–Crippen MR) is 124 cm³/mol. The van der Waals surface area contributed by atoms with Crippen LogP contribution in [0.15, 0.2) is 42.1 Å². The Morgan fingerprint density at radius 3 is 2.23 bits per heavy atom. The Morgan fingerprint density at radius 1 is 1.03 bits per heavy atom. The average molecular weight is 678 g/mol. The lowest BCUT2D eigenvalue weighted by atomic mass is 10.1. The van der Waals surface area contributed by atoms with Gasteiger partial charge in [0.25, 0.3) is 0 Å². The van der Waals surface area contributed by atoms with Crippen LogP contribution in [-0.4, -0.2) is 36.7 Å². The fourth-order valence-corrected chi connectivity index (χ4v) is 5.55. The van der Waals surface area contributed by atoms with Crippen molar-refractivity contribution in [1.82, 2.24) is 0 Å². The van der Waals surface area contributed by atoms with Gasteiger partial charge in [0.2, 0.25) is 0 Å². The number of hydrogen-bond acceptors (Lipinski definition) is 4. The van der Waals surface area contributed by atoms with Gasteiger partial charge in [0.15, 0.2) is 5.76 Å². The monoisotopic (exact) mass is 674 g/mol. The third kappa shape index (κ3) is 9.38. The lowest BCUT2D eigenvalue weighted by molar-refractivity contribution is -0.904. The fourth-order valence-electron chi connectivity index (χ4n) is 3.06. The van der Waals surface area contributed by atoms with Crippen molar-refractivity contribution in [3.8, 4) is 5.75 Å². The molecule has 2 aromatic rings. The zero-order valence-corrected chi connectivity index (χ0v) is 23.3. The van der Waals surface area contributed by atoms with Crippen LogP contribution in [0.2, 0.25) is 0 Å². The zero-order valence-electron chi connectivity index (χ0n) is 17.0. The van der Waals surface area contributed by atoms with Crippen molar-refractivity contribution in [2.24, 2.45) is 0 Å². The summed E-state index contributed by atoms with van der Waals surface area (Å²) >= 11 is 10.5. The Bertz CT molecular complexity index is 804. The molecule has 10 heteroatoms. The van der Waals surface area contributed by atoms with E-state index in [0.717, 1.165) is 62.3 Å². The van der Waals surface area contributed by atoms with E-state index in [9.17, 15) is 10.1 Å². The first-order valence-electron chi connectivity index (χ1n) is 9.50. The standard InChI is InChI=1S/C20H26Br3N2O4.BrH/c1-25(2,14-16-8-9-19(29-16)24(26)27)10-6-4-3-5-7-11-28-20-17(22)12-15(21)13-18(20)23;/h8-9,12-13H,3-7,10-11,14H2,1-2H3;1H/q+1;/p-1. The topological polar surface area (TPSA) is 65.5 Å². The van der Waals surface area contributed by atoms with Crippen LogP contribution < -0.4 is 21.7 Å². The maximum Gasteiger partial charge on any atom is 0.433 e. The molecule has 0 amide bonds. The number of benzene rings is 1. The van der Waals surface area contributed by atoms with Gasteiger partial charge in [-0.05, 0) is 69.3 Å². The lowest BCUT2D eigenvalue weighted by Crippen LogP contribution is -3.00. The molecule has 0 radical (unpaired) electrons. The molecule has 2 rings (SSSR count). The van der Waals surface area contributed by atoms with Gasteiger partial charge in [0, 0.05) is 4.47 Å². The first-order chi connectivity index (χ1) is 13.7. The molecule has 0 aliphatic rings. The van der Waals surface area contributed by atoms with Crippen LogP contribution in [0.4, 0.5) is 5.88 Å². The highest BCUT2D eigenvalue weighted by molar-refractivity contribution is 9.11. The lowest BCUT2D eigenvalue weighted by Gasteiger charge is -2.28. The van der Waals surface area contributed by atoms with Crippen molar-refractivity contribution in [3.05, 3.63) is 53.6 Å². The summed E-state index contributed by atoms with van der Waals surface area (Å²) in [7, 11) is 4.24. The van der Waals surface area contributed by atoms with Crippen LogP contribution in [0.3, 0.4) is 0 Å². The molecule has 1 aromatic heterocycles. The van der Waals surface area contributed by atoms with Crippen molar-refractivity contribution in [2.75, 3.05) is 27.2 Å². The van der Waals surface area contributed by atoms with E-state index in [1.165, 1.54) is 6.07 Å². The summed E-state index contributed by atoms with van der Waals surface area (Å²) in [6.07, 6.45) is 5.58. The van der Waals surface area contributed by atoms with E-state index < -0.39 is 4.92 Å². The number of quaternary nitrogens is 1. The van der Waals surface area contributed by atoms with E-state index in [1.807, 2.05) is 12.1 Å². The largest absolute Gasteiger partial charge is 1.00 e. The van der Waals surface area contributed by atoms with Crippen molar-refractivity contribution >= 4 is 53.7 Å². The third-order valence-electron chi connectivity index (χ3n) is 4.53. The van der Waals surface area contributed by atoms with Crippen LogP contribution in [0.1, 0.15) is 37.9 Å². The molecule has 0 saturated heterocycles. The molecular weight excluding hydrogens is 652 g/mol. The Kier molecular flexibility index (Phi) is 12.2. The Labute approximate surface area is 213 Å². The number of halogens is 4. The Balaban J connectivity index is 0.00000450. The highest BCUT2D eigenvalue weighted by atomic mass is 79.9. The van der Waals surface area contributed by atoms with Crippen molar-refractivity contribution < 1.29 is 35.5 Å². The van der Waals surface area contributed by atoms with Gasteiger partial charge in [-0.1, -0.05) is 28.8 Å². The van der Waals surface area contributed by atoms with Gasteiger partial charge in [-0.3, -0.25) is 10.1 Å². The second-order valence-electron chi connectivity index (χ2n) is 7.63. The highest BCUT2D eigenvalue weighted by Crippen LogP contribution is 2.36. The normalized spacial score (nSPS) is 11.2. The summed E-state index contributed by atoms with van der Waals surface area (Å²) in [5.41, 5.74) is 0. The second kappa shape index (κ2) is 13.2. The minimum Gasteiger partial charge on any atom is -1.00 e. The molecule has 0 aliphatic heterocycles. The average Bonchev–Trinajstić information content (AvgIpc) is 3.07. The van der Waals surface area contributed by atoms with Gasteiger partial charge >= 0.3 is 5.88 Å². The van der Waals surface area contributed by atoms with Crippen LogP contribution >= 0.6 is 47.8 Å². The van der Waals surface area contributed by atoms with Crippen LogP contribution in [0.25, 0.3) is 0 Å². The van der Waals surface area contributed by atoms with Gasteiger partial charge < -0.3 is 30.6 Å². The van der Waals surface area contributed by atoms with E-state index >= 15 is 0 Å². The number of rotatable bonds is 12. The van der Waals surface area contributed by atoms with Crippen LogP contribution in [0, 0.1) is 10.1 Å². The summed E-state index contributed by atoms with van der Waals surface area (Å²) < 4.78 is 14.8. The molecule has 6 nitrogen and oxygen atoms in total. The van der Waals surface area contributed by atoms with E-state index in [-0.39, 0.29) is 22.9 Å². The van der Waals surface area contributed by atoms with Gasteiger partial charge in [-0.25, -0.2) is 0 Å². The van der Waals surface area contributed by atoms with E-state index in [4.69, 9.17) is 9.15 Å². The van der Waals surface area contributed by atoms with E-state index in [0.29, 0.717) is 18.9 Å².